The fourth-order valence-electron chi connectivity index (χ4n) is 4.18. The Morgan fingerprint density at radius 2 is 1.89 bits per heavy atom. The van der Waals surface area contributed by atoms with Crippen molar-refractivity contribution in [3.8, 4) is 16.9 Å². The predicted molar refractivity (Wildman–Crippen MR) is 130 cm³/mol. The maximum atomic E-state index is 14.6. The molecule has 0 atom stereocenters. The fourth-order valence-corrected chi connectivity index (χ4v) is 4.44. The Labute approximate surface area is 209 Å². The number of benzene rings is 2. The van der Waals surface area contributed by atoms with Gasteiger partial charge in [-0.3, -0.25) is 14.9 Å². The van der Waals surface area contributed by atoms with Crippen molar-refractivity contribution in [2.24, 2.45) is 0 Å². The second-order valence-electron chi connectivity index (χ2n) is 8.07. The minimum Gasteiger partial charge on any atom is -0.497 e. The second kappa shape index (κ2) is 9.42. The van der Waals surface area contributed by atoms with Crippen LogP contribution in [0.1, 0.15) is 10.6 Å². The van der Waals surface area contributed by atoms with Gasteiger partial charge in [-0.25, -0.2) is 14.4 Å². The van der Waals surface area contributed by atoms with Crippen LogP contribution < -0.4 is 9.64 Å². The molecule has 1 fully saturated rings. The lowest BCUT2D eigenvalue weighted by atomic mass is 10.0. The van der Waals surface area contributed by atoms with Crippen LogP contribution in [-0.2, 0) is 0 Å². The largest absolute Gasteiger partial charge is 0.497 e. The number of halogens is 2. The first kappa shape index (κ1) is 23.5. The van der Waals surface area contributed by atoms with Crippen LogP contribution in [-0.4, -0.2) is 59.0 Å². The number of anilines is 1. The molecular formula is C24H19ClFN5O5. The van der Waals surface area contributed by atoms with Gasteiger partial charge in [-0.05, 0) is 36.4 Å². The summed E-state index contributed by atoms with van der Waals surface area (Å²) in [5.74, 6) is -0.263. The Morgan fingerprint density at radius 1 is 1.11 bits per heavy atom. The van der Waals surface area contributed by atoms with E-state index in [1.807, 2.05) is 4.90 Å². The smallest absolute Gasteiger partial charge is 0.433 e. The molecule has 2 aromatic heterocycles. The molecule has 0 radical (unpaired) electrons. The van der Waals surface area contributed by atoms with Crippen LogP contribution in [0.5, 0.6) is 5.75 Å². The van der Waals surface area contributed by atoms with E-state index in [0.29, 0.717) is 64.8 Å². The zero-order chi connectivity index (χ0) is 25.4. The summed E-state index contributed by atoms with van der Waals surface area (Å²) in [6.07, 6.45) is 1.43. The molecule has 4 aromatic rings. The number of amides is 1. The second-order valence-corrected chi connectivity index (χ2v) is 8.47. The third kappa shape index (κ3) is 4.29. The summed E-state index contributed by atoms with van der Waals surface area (Å²) >= 11 is 6.58. The highest BCUT2D eigenvalue weighted by molar-refractivity contribution is 6.34. The number of carbonyl (C=O) groups excluding carboxylic acids is 1. The lowest BCUT2D eigenvalue weighted by molar-refractivity contribution is -0.402. The first-order chi connectivity index (χ1) is 17.4. The lowest BCUT2D eigenvalue weighted by Gasteiger charge is -2.35. The number of aromatic nitrogens is 2. The molecule has 0 spiro atoms. The Kier molecular flexibility index (Phi) is 6.15. The minimum atomic E-state index is -0.686. The molecule has 36 heavy (non-hydrogen) atoms. The SMILES string of the molecule is COc1ccc(F)c(-c2cc3ncnc(N4CCN(C(=O)c5ccc([N+](=O)[O-])o5)CC4)c3cc2Cl)c1. The van der Waals surface area contributed by atoms with Crippen molar-refractivity contribution in [3.05, 3.63) is 75.5 Å². The molecule has 3 heterocycles. The van der Waals surface area contributed by atoms with Gasteiger partial charge in [-0.15, -0.1) is 0 Å². The molecule has 0 bridgehead atoms. The maximum absolute atomic E-state index is 14.6. The highest BCUT2D eigenvalue weighted by Gasteiger charge is 2.27. The van der Waals surface area contributed by atoms with Gasteiger partial charge in [-0.1, -0.05) is 11.6 Å². The number of hydrogen-bond donors (Lipinski definition) is 0. The van der Waals surface area contributed by atoms with Gasteiger partial charge < -0.3 is 19.0 Å². The molecule has 2 aromatic carbocycles. The minimum absolute atomic E-state index is 0.0771. The van der Waals surface area contributed by atoms with Gasteiger partial charge in [0, 0.05) is 47.7 Å². The van der Waals surface area contributed by atoms with E-state index in [-0.39, 0.29) is 5.76 Å². The van der Waals surface area contributed by atoms with Crippen LogP contribution >= 0.6 is 11.6 Å². The monoisotopic (exact) mass is 511 g/mol. The molecule has 0 aliphatic carbocycles. The normalized spacial score (nSPS) is 13.8. The summed E-state index contributed by atoms with van der Waals surface area (Å²) in [7, 11) is 1.50. The molecule has 0 N–H and O–H groups in total. The van der Waals surface area contributed by atoms with Crippen molar-refractivity contribution in [2.75, 3.05) is 38.2 Å². The summed E-state index contributed by atoms with van der Waals surface area (Å²) in [6, 6.07) is 10.3. The standard InChI is InChI=1S/C24H19ClFN5O5/c1-35-14-2-3-19(26)16(10-14)15-12-20-17(11-18(15)25)23(28-13-27-20)29-6-8-30(9-7-29)24(32)21-4-5-22(36-21)31(33)34/h2-5,10-13H,6-9H2,1H3. The van der Waals surface area contributed by atoms with Crippen LogP contribution in [0.15, 0.2) is 53.2 Å². The molecule has 1 amide bonds. The van der Waals surface area contributed by atoms with Gasteiger partial charge >= 0.3 is 5.88 Å². The van der Waals surface area contributed by atoms with Crippen LogP contribution in [0.4, 0.5) is 16.1 Å². The number of fused-ring (bicyclic) bond motifs is 1. The Morgan fingerprint density at radius 3 is 2.58 bits per heavy atom. The molecule has 12 heteroatoms. The number of hydrogen-bond acceptors (Lipinski definition) is 8. The molecule has 1 aliphatic heterocycles. The van der Waals surface area contributed by atoms with Crippen molar-refractivity contribution in [3.63, 3.8) is 0 Å². The van der Waals surface area contributed by atoms with Gasteiger partial charge in [0.05, 0.1) is 18.7 Å². The molecule has 0 saturated carbocycles. The molecular weight excluding hydrogens is 493 g/mol. The Hall–Kier alpha value is -4.25. The average Bonchev–Trinajstić information content (AvgIpc) is 3.39. The zero-order valence-corrected chi connectivity index (χ0v) is 19.7. The van der Waals surface area contributed by atoms with Crippen molar-refractivity contribution in [1.29, 1.82) is 0 Å². The number of ether oxygens (including phenoxy) is 1. The lowest BCUT2D eigenvalue weighted by Crippen LogP contribution is -2.49. The fraction of sp³-hybridized carbons (Fsp3) is 0.208. The van der Waals surface area contributed by atoms with E-state index in [2.05, 4.69) is 9.97 Å². The molecule has 1 aliphatic rings. The van der Waals surface area contributed by atoms with Gasteiger partial charge in [0.25, 0.3) is 5.91 Å². The first-order valence-electron chi connectivity index (χ1n) is 10.9. The van der Waals surface area contributed by atoms with E-state index in [1.165, 1.54) is 31.6 Å². The van der Waals surface area contributed by atoms with Crippen LogP contribution in [0.2, 0.25) is 5.02 Å². The number of nitrogens with zero attached hydrogens (tertiary/aromatic N) is 5. The Balaban J connectivity index is 1.39. The van der Waals surface area contributed by atoms with E-state index in [4.69, 9.17) is 20.8 Å². The average molecular weight is 512 g/mol. The third-order valence-corrected chi connectivity index (χ3v) is 6.33. The molecule has 1 saturated heterocycles. The summed E-state index contributed by atoms with van der Waals surface area (Å²) < 4.78 is 24.8. The number of nitro groups is 1. The summed E-state index contributed by atoms with van der Waals surface area (Å²) in [5, 5.41) is 11.8. The van der Waals surface area contributed by atoms with Crippen LogP contribution in [0.3, 0.4) is 0 Å². The molecule has 10 nitrogen and oxygen atoms in total. The number of piperazine rings is 1. The van der Waals surface area contributed by atoms with Crippen molar-refractivity contribution < 1.29 is 23.3 Å². The quantitative estimate of drug-likeness (QED) is 0.283. The van der Waals surface area contributed by atoms with Crippen LogP contribution in [0.25, 0.3) is 22.0 Å². The summed E-state index contributed by atoms with van der Waals surface area (Å²) in [5.41, 5.74) is 1.36. The van der Waals surface area contributed by atoms with Crippen molar-refractivity contribution in [1.82, 2.24) is 14.9 Å². The van der Waals surface area contributed by atoms with Gasteiger partial charge in [0.15, 0.2) is 5.76 Å². The predicted octanol–water partition coefficient (Wildman–Crippen LogP) is 4.56. The number of furan rings is 1. The third-order valence-electron chi connectivity index (χ3n) is 6.02. The number of carbonyl (C=O) groups is 1. The van der Waals surface area contributed by atoms with Crippen LogP contribution in [0, 0.1) is 15.9 Å². The van der Waals surface area contributed by atoms with Gasteiger partial charge in [0.1, 0.15) is 28.6 Å². The summed E-state index contributed by atoms with van der Waals surface area (Å²) in [6.45, 7) is 1.65. The van der Waals surface area contributed by atoms with Gasteiger partial charge in [-0.2, -0.15) is 0 Å². The number of methoxy groups -OCH3 is 1. The number of rotatable bonds is 5. The zero-order valence-electron chi connectivity index (χ0n) is 19.0. The van der Waals surface area contributed by atoms with E-state index < -0.39 is 22.5 Å². The van der Waals surface area contributed by atoms with E-state index in [1.54, 1.807) is 23.1 Å². The van der Waals surface area contributed by atoms with E-state index in [9.17, 15) is 19.3 Å². The molecule has 0 unspecified atom stereocenters. The first-order valence-corrected chi connectivity index (χ1v) is 11.3. The highest BCUT2D eigenvalue weighted by atomic mass is 35.5. The molecule has 5 rings (SSSR count). The maximum Gasteiger partial charge on any atom is 0.433 e. The van der Waals surface area contributed by atoms with Gasteiger partial charge in [0.2, 0.25) is 0 Å². The topological polar surface area (TPSA) is 115 Å². The highest BCUT2D eigenvalue weighted by Crippen LogP contribution is 2.37. The Bertz CT molecular complexity index is 1490. The molecule has 184 valence electrons. The van der Waals surface area contributed by atoms with E-state index in [0.717, 1.165) is 6.07 Å². The van der Waals surface area contributed by atoms with Crippen molar-refractivity contribution in [2.45, 2.75) is 0 Å². The van der Waals surface area contributed by atoms with E-state index >= 15 is 0 Å². The van der Waals surface area contributed by atoms with Crippen molar-refractivity contribution >= 4 is 40.1 Å². The summed E-state index contributed by atoms with van der Waals surface area (Å²) in [4.78, 5) is 35.2.